The van der Waals surface area contributed by atoms with Crippen molar-refractivity contribution in [1.29, 1.82) is 0 Å². The summed E-state index contributed by atoms with van der Waals surface area (Å²) in [6.45, 7) is 0. The van der Waals surface area contributed by atoms with Crippen molar-refractivity contribution in [3.8, 4) is 0 Å². The molecular formula is C17H19FN2O3S2. The zero-order valence-corrected chi connectivity index (χ0v) is 15.5. The van der Waals surface area contributed by atoms with Gasteiger partial charge in [0.2, 0.25) is 15.9 Å². The predicted octanol–water partition coefficient (Wildman–Crippen LogP) is 3.09. The number of hydrogen-bond donors (Lipinski definition) is 1. The maximum atomic E-state index is 13.5. The van der Waals surface area contributed by atoms with Gasteiger partial charge in [0.05, 0.1) is 17.7 Å². The number of sulfonamides is 1. The van der Waals surface area contributed by atoms with Crippen LogP contribution in [-0.2, 0) is 20.6 Å². The van der Waals surface area contributed by atoms with Crippen LogP contribution in [0.15, 0.2) is 48.5 Å². The van der Waals surface area contributed by atoms with Crippen LogP contribution in [0.25, 0.3) is 0 Å². The summed E-state index contributed by atoms with van der Waals surface area (Å²) in [6.07, 6.45) is 1.11. The minimum Gasteiger partial charge on any atom is -0.325 e. The predicted molar refractivity (Wildman–Crippen MR) is 101 cm³/mol. The van der Waals surface area contributed by atoms with E-state index in [1.165, 1.54) is 24.9 Å². The van der Waals surface area contributed by atoms with Crippen LogP contribution in [0.1, 0.15) is 5.56 Å². The number of nitrogens with zero attached hydrogens (tertiary/aromatic N) is 1. The second-order valence-corrected chi connectivity index (χ2v) is 8.41. The van der Waals surface area contributed by atoms with Crippen molar-refractivity contribution in [3.63, 3.8) is 0 Å². The summed E-state index contributed by atoms with van der Waals surface area (Å²) in [4.78, 5) is 12.0. The molecule has 0 fully saturated rings. The van der Waals surface area contributed by atoms with Crippen molar-refractivity contribution >= 4 is 39.1 Å². The third-order valence-electron chi connectivity index (χ3n) is 3.44. The summed E-state index contributed by atoms with van der Waals surface area (Å²) >= 11 is 1.30. The fraction of sp³-hybridized carbons (Fsp3) is 0.235. The van der Waals surface area contributed by atoms with Crippen molar-refractivity contribution in [2.75, 3.05) is 28.7 Å². The quantitative estimate of drug-likeness (QED) is 0.799. The fourth-order valence-electron chi connectivity index (χ4n) is 2.04. The lowest BCUT2D eigenvalue weighted by Crippen LogP contribution is -2.25. The molecular weight excluding hydrogens is 363 g/mol. The van der Waals surface area contributed by atoms with Gasteiger partial charge in [-0.2, -0.15) is 0 Å². The van der Waals surface area contributed by atoms with E-state index in [2.05, 4.69) is 5.32 Å². The summed E-state index contributed by atoms with van der Waals surface area (Å²) in [6, 6.07) is 13.0. The Bertz CT molecular complexity index is 856. The third kappa shape index (κ3) is 5.75. The lowest BCUT2D eigenvalue weighted by atomic mass is 10.2. The van der Waals surface area contributed by atoms with E-state index < -0.39 is 10.0 Å². The molecule has 0 saturated carbocycles. The van der Waals surface area contributed by atoms with Gasteiger partial charge in [-0.15, -0.1) is 11.8 Å². The number of hydrogen-bond acceptors (Lipinski definition) is 4. The highest BCUT2D eigenvalue weighted by atomic mass is 32.2. The summed E-state index contributed by atoms with van der Waals surface area (Å²) in [7, 11) is -1.92. The average Bonchev–Trinajstić information content (AvgIpc) is 2.55. The first kappa shape index (κ1) is 19.3. The van der Waals surface area contributed by atoms with Gasteiger partial charge in [0.15, 0.2) is 0 Å². The van der Waals surface area contributed by atoms with Crippen molar-refractivity contribution in [1.82, 2.24) is 0 Å². The summed E-state index contributed by atoms with van der Waals surface area (Å²) in [5.41, 5.74) is 1.51. The second kappa shape index (κ2) is 8.35. The highest BCUT2D eigenvalue weighted by Crippen LogP contribution is 2.21. The molecule has 5 nitrogen and oxygen atoms in total. The standard InChI is InChI=1S/C17H19FN2O3S2/c1-20(25(2,22)23)15-8-5-7-14(10-15)19-17(21)12-24-11-13-6-3-4-9-16(13)18/h3-10H,11-12H2,1-2H3,(H,19,21). The number of thioether (sulfide) groups is 1. The molecule has 2 rings (SSSR count). The molecule has 2 aromatic carbocycles. The third-order valence-corrected chi connectivity index (χ3v) is 5.63. The van der Waals surface area contributed by atoms with E-state index in [1.54, 1.807) is 42.5 Å². The van der Waals surface area contributed by atoms with Crippen molar-refractivity contribution < 1.29 is 17.6 Å². The Hall–Kier alpha value is -2.06. The molecule has 0 aliphatic carbocycles. The topological polar surface area (TPSA) is 66.5 Å². The van der Waals surface area contributed by atoms with Crippen LogP contribution in [0.2, 0.25) is 0 Å². The molecule has 0 unspecified atom stereocenters. The summed E-state index contributed by atoms with van der Waals surface area (Å²) in [5, 5.41) is 2.71. The van der Waals surface area contributed by atoms with Gasteiger partial charge in [-0.1, -0.05) is 24.3 Å². The molecule has 0 heterocycles. The van der Waals surface area contributed by atoms with E-state index in [9.17, 15) is 17.6 Å². The SMILES string of the molecule is CN(c1cccc(NC(=O)CSCc2ccccc2F)c1)S(C)(=O)=O. The first-order valence-corrected chi connectivity index (χ1v) is 10.4. The average molecular weight is 382 g/mol. The molecule has 1 amide bonds. The lowest BCUT2D eigenvalue weighted by molar-refractivity contribution is -0.113. The van der Waals surface area contributed by atoms with Crippen LogP contribution in [0, 0.1) is 5.82 Å². The van der Waals surface area contributed by atoms with Crippen LogP contribution in [0.3, 0.4) is 0 Å². The molecule has 1 N–H and O–H groups in total. The molecule has 134 valence electrons. The number of rotatable bonds is 7. The number of nitrogens with one attached hydrogen (secondary N) is 1. The Kier molecular flexibility index (Phi) is 6.44. The summed E-state index contributed by atoms with van der Waals surface area (Å²) in [5.74, 6) is 0.0460. The van der Waals surface area contributed by atoms with Gasteiger partial charge in [0.1, 0.15) is 5.82 Å². The van der Waals surface area contributed by atoms with Gasteiger partial charge in [-0.25, -0.2) is 12.8 Å². The van der Waals surface area contributed by atoms with Crippen LogP contribution in [-0.4, -0.2) is 33.4 Å². The lowest BCUT2D eigenvalue weighted by Gasteiger charge is -2.17. The molecule has 2 aromatic rings. The van der Waals surface area contributed by atoms with E-state index in [0.29, 0.717) is 22.7 Å². The Morgan fingerprint density at radius 1 is 1.20 bits per heavy atom. The number of amides is 1. The minimum absolute atomic E-state index is 0.167. The second-order valence-electron chi connectivity index (χ2n) is 5.41. The molecule has 0 atom stereocenters. The zero-order chi connectivity index (χ0) is 18.4. The Balaban J connectivity index is 1.91. The number of carbonyl (C=O) groups is 1. The first-order valence-electron chi connectivity index (χ1n) is 7.42. The van der Waals surface area contributed by atoms with E-state index in [1.807, 2.05) is 0 Å². The Morgan fingerprint density at radius 3 is 2.60 bits per heavy atom. The Morgan fingerprint density at radius 2 is 1.92 bits per heavy atom. The maximum absolute atomic E-state index is 13.5. The van der Waals surface area contributed by atoms with Crippen molar-refractivity contribution in [3.05, 3.63) is 59.9 Å². The van der Waals surface area contributed by atoms with Gasteiger partial charge in [0.25, 0.3) is 0 Å². The number of anilines is 2. The minimum atomic E-state index is -3.37. The molecule has 25 heavy (non-hydrogen) atoms. The van der Waals surface area contributed by atoms with E-state index in [0.717, 1.165) is 10.6 Å². The fourth-order valence-corrected chi connectivity index (χ4v) is 3.35. The van der Waals surface area contributed by atoms with Crippen molar-refractivity contribution in [2.45, 2.75) is 5.75 Å². The monoisotopic (exact) mass is 382 g/mol. The molecule has 0 aliphatic heterocycles. The van der Waals surface area contributed by atoms with Gasteiger partial charge in [0, 0.05) is 18.5 Å². The molecule has 0 aliphatic rings. The smallest absolute Gasteiger partial charge is 0.234 e. The molecule has 0 radical (unpaired) electrons. The molecule has 0 aromatic heterocycles. The summed E-state index contributed by atoms with van der Waals surface area (Å²) < 4.78 is 37.8. The number of carbonyl (C=O) groups excluding carboxylic acids is 1. The molecule has 0 saturated heterocycles. The van der Waals surface area contributed by atoms with Gasteiger partial charge >= 0.3 is 0 Å². The van der Waals surface area contributed by atoms with Gasteiger partial charge < -0.3 is 5.32 Å². The van der Waals surface area contributed by atoms with E-state index in [-0.39, 0.29) is 17.5 Å². The highest BCUT2D eigenvalue weighted by Gasteiger charge is 2.12. The van der Waals surface area contributed by atoms with Crippen LogP contribution >= 0.6 is 11.8 Å². The maximum Gasteiger partial charge on any atom is 0.234 e. The number of halogens is 1. The molecule has 0 spiro atoms. The van der Waals surface area contributed by atoms with E-state index >= 15 is 0 Å². The van der Waals surface area contributed by atoms with Crippen molar-refractivity contribution in [2.24, 2.45) is 0 Å². The van der Waals surface area contributed by atoms with Crippen LogP contribution < -0.4 is 9.62 Å². The molecule has 0 bridgehead atoms. The highest BCUT2D eigenvalue weighted by molar-refractivity contribution is 7.99. The van der Waals surface area contributed by atoms with E-state index in [4.69, 9.17) is 0 Å². The molecule has 8 heteroatoms. The van der Waals surface area contributed by atoms with Crippen LogP contribution in [0.4, 0.5) is 15.8 Å². The number of benzene rings is 2. The van der Waals surface area contributed by atoms with Gasteiger partial charge in [-0.3, -0.25) is 9.10 Å². The van der Waals surface area contributed by atoms with Crippen LogP contribution in [0.5, 0.6) is 0 Å². The first-order chi connectivity index (χ1) is 11.8. The van der Waals surface area contributed by atoms with Gasteiger partial charge in [-0.05, 0) is 29.8 Å². The Labute approximate surface area is 151 Å². The normalized spacial score (nSPS) is 11.2. The largest absolute Gasteiger partial charge is 0.325 e. The zero-order valence-electron chi connectivity index (χ0n) is 13.9.